The number of hydrogen-bond donors (Lipinski definition) is 2. The van der Waals surface area contributed by atoms with Gasteiger partial charge in [0.2, 0.25) is 5.88 Å². The zero-order valence-corrected chi connectivity index (χ0v) is 14.6. The van der Waals surface area contributed by atoms with E-state index in [4.69, 9.17) is 19.9 Å². The number of nitrogens with two attached hydrogens (primary N) is 1. The summed E-state index contributed by atoms with van der Waals surface area (Å²) < 4.78 is 16.5. The summed E-state index contributed by atoms with van der Waals surface area (Å²) in [7, 11) is 1.61. The number of hydrogen-bond acceptors (Lipinski definition) is 7. The Labute approximate surface area is 151 Å². The number of aromatic nitrogens is 2. The minimum Gasteiger partial charge on any atom is -0.497 e. The lowest BCUT2D eigenvalue weighted by molar-refractivity contribution is 0.342. The Morgan fingerprint density at radius 3 is 2.46 bits per heavy atom. The van der Waals surface area contributed by atoms with Crippen LogP contribution in [-0.4, -0.2) is 23.7 Å². The monoisotopic (exact) mass is 352 g/mol. The maximum absolute atomic E-state index is 6.18. The Morgan fingerprint density at radius 1 is 1.00 bits per heavy atom. The van der Waals surface area contributed by atoms with Gasteiger partial charge in [-0.05, 0) is 43.3 Å². The number of methoxy groups -OCH3 is 1. The Kier molecular flexibility index (Phi) is 5.38. The lowest BCUT2D eigenvalue weighted by Crippen LogP contribution is -2.04. The summed E-state index contributed by atoms with van der Waals surface area (Å²) in [5, 5.41) is 3.17. The van der Waals surface area contributed by atoms with Crippen molar-refractivity contribution < 1.29 is 14.2 Å². The molecule has 3 N–H and O–H groups in total. The van der Waals surface area contributed by atoms with E-state index in [0.717, 1.165) is 11.4 Å². The zero-order chi connectivity index (χ0) is 18.4. The predicted octanol–water partition coefficient (Wildman–Crippen LogP) is 4.00. The number of para-hydroxylation sites is 2. The lowest BCUT2D eigenvalue weighted by atomic mass is 10.3. The Balaban J connectivity index is 1.83. The zero-order valence-electron chi connectivity index (χ0n) is 14.6. The molecular formula is C19H20N4O3. The van der Waals surface area contributed by atoms with Crippen molar-refractivity contribution in [3.63, 3.8) is 0 Å². The molecule has 0 radical (unpaired) electrons. The predicted molar refractivity (Wildman–Crippen MR) is 100 cm³/mol. The second kappa shape index (κ2) is 8.06. The SMILES string of the molecule is CCOc1ccccc1Nc1ncnc(Oc2ccc(OC)cc2)c1N. The fraction of sp³-hybridized carbons (Fsp3) is 0.158. The van der Waals surface area contributed by atoms with Gasteiger partial charge in [0.05, 0.1) is 19.4 Å². The first-order valence-electron chi connectivity index (χ1n) is 8.12. The summed E-state index contributed by atoms with van der Waals surface area (Å²) in [5.74, 6) is 2.75. The van der Waals surface area contributed by atoms with Crippen molar-refractivity contribution in [1.29, 1.82) is 0 Å². The molecule has 3 rings (SSSR count). The fourth-order valence-corrected chi connectivity index (χ4v) is 2.29. The van der Waals surface area contributed by atoms with Crippen LogP contribution in [-0.2, 0) is 0 Å². The Morgan fingerprint density at radius 2 is 1.73 bits per heavy atom. The molecule has 0 spiro atoms. The minimum absolute atomic E-state index is 0.265. The first-order chi connectivity index (χ1) is 12.7. The highest BCUT2D eigenvalue weighted by Gasteiger charge is 2.12. The van der Waals surface area contributed by atoms with Crippen molar-refractivity contribution in [2.75, 3.05) is 24.8 Å². The van der Waals surface area contributed by atoms with Gasteiger partial charge in [0.15, 0.2) is 5.82 Å². The number of anilines is 3. The standard InChI is InChI=1S/C19H20N4O3/c1-3-25-16-7-5-4-6-15(16)23-18-17(20)19(22-12-21-18)26-14-10-8-13(24-2)9-11-14/h4-12H,3,20H2,1-2H3,(H,21,22,23). The number of nitrogens with zero attached hydrogens (tertiary/aromatic N) is 2. The van der Waals surface area contributed by atoms with Gasteiger partial charge in [-0.15, -0.1) is 0 Å². The average molecular weight is 352 g/mol. The van der Waals surface area contributed by atoms with Crippen molar-refractivity contribution in [3.05, 3.63) is 54.9 Å². The quantitative estimate of drug-likeness (QED) is 0.664. The van der Waals surface area contributed by atoms with Gasteiger partial charge in [0.25, 0.3) is 0 Å². The third-order valence-corrected chi connectivity index (χ3v) is 3.56. The molecule has 0 atom stereocenters. The molecule has 0 aliphatic heterocycles. The lowest BCUT2D eigenvalue weighted by Gasteiger charge is -2.14. The molecule has 0 bridgehead atoms. The normalized spacial score (nSPS) is 10.2. The molecule has 0 saturated carbocycles. The van der Waals surface area contributed by atoms with Crippen molar-refractivity contribution in [2.24, 2.45) is 0 Å². The van der Waals surface area contributed by atoms with Gasteiger partial charge >= 0.3 is 0 Å². The summed E-state index contributed by atoms with van der Waals surface area (Å²) in [5.41, 5.74) is 7.24. The molecule has 134 valence electrons. The molecule has 7 heteroatoms. The van der Waals surface area contributed by atoms with E-state index in [9.17, 15) is 0 Å². The molecule has 0 fully saturated rings. The molecule has 0 unspecified atom stereocenters. The highest BCUT2D eigenvalue weighted by atomic mass is 16.5. The Bertz CT molecular complexity index is 869. The van der Waals surface area contributed by atoms with Crippen molar-refractivity contribution in [3.8, 4) is 23.1 Å². The van der Waals surface area contributed by atoms with Crippen LogP contribution in [0.5, 0.6) is 23.1 Å². The van der Waals surface area contributed by atoms with E-state index >= 15 is 0 Å². The van der Waals surface area contributed by atoms with Gasteiger partial charge < -0.3 is 25.3 Å². The molecule has 2 aromatic carbocycles. The molecule has 26 heavy (non-hydrogen) atoms. The first kappa shape index (κ1) is 17.3. The summed E-state index contributed by atoms with van der Waals surface area (Å²) in [6.45, 7) is 2.49. The van der Waals surface area contributed by atoms with Gasteiger partial charge in [0.1, 0.15) is 29.3 Å². The van der Waals surface area contributed by atoms with Gasteiger partial charge in [-0.1, -0.05) is 12.1 Å². The van der Waals surface area contributed by atoms with E-state index in [1.54, 1.807) is 31.4 Å². The largest absolute Gasteiger partial charge is 0.497 e. The second-order valence-electron chi connectivity index (χ2n) is 5.27. The van der Waals surface area contributed by atoms with Crippen LogP contribution in [0.4, 0.5) is 17.2 Å². The van der Waals surface area contributed by atoms with Crippen LogP contribution in [0.1, 0.15) is 6.92 Å². The van der Waals surface area contributed by atoms with Crippen molar-refractivity contribution in [1.82, 2.24) is 9.97 Å². The van der Waals surface area contributed by atoms with E-state index < -0.39 is 0 Å². The van der Waals surface area contributed by atoms with E-state index in [2.05, 4.69) is 15.3 Å². The van der Waals surface area contributed by atoms with E-state index in [1.807, 2.05) is 31.2 Å². The smallest absolute Gasteiger partial charge is 0.248 e. The van der Waals surface area contributed by atoms with E-state index in [-0.39, 0.29) is 5.88 Å². The number of ether oxygens (including phenoxy) is 3. The molecule has 1 aromatic heterocycles. The highest BCUT2D eigenvalue weighted by molar-refractivity contribution is 5.74. The number of nitrogens with one attached hydrogen (secondary N) is 1. The highest BCUT2D eigenvalue weighted by Crippen LogP contribution is 2.34. The third-order valence-electron chi connectivity index (χ3n) is 3.56. The maximum Gasteiger partial charge on any atom is 0.248 e. The van der Waals surface area contributed by atoms with Crippen LogP contribution < -0.4 is 25.3 Å². The summed E-state index contributed by atoms with van der Waals surface area (Å²) in [6.07, 6.45) is 1.39. The third kappa shape index (κ3) is 3.94. The number of rotatable bonds is 7. The van der Waals surface area contributed by atoms with Crippen LogP contribution in [0, 0.1) is 0 Å². The maximum atomic E-state index is 6.18. The van der Waals surface area contributed by atoms with Crippen LogP contribution >= 0.6 is 0 Å². The summed E-state index contributed by atoms with van der Waals surface area (Å²) in [6, 6.07) is 14.7. The first-order valence-corrected chi connectivity index (χ1v) is 8.12. The second-order valence-corrected chi connectivity index (χ2v) is 5.27. The van der Waals surface area contributed by atoms with Gasteiger partial charge in [-0.2, -0.15) is 4.98 Å². The fourth-order valence-electron chi connectivity index (χ4n) is 2.29. The summed E-state index contributed by atoms with van der Waals surface area (Å²) in [4.78, 5) is 8.32. The van der Waals surface area contributed by atoms with Crippen LogP contribution in [0.25, 0.3) is 0 Å². The molecule has 7 nitrogen and oxygen atoms in total. The van der Waals surface area contributed by atoms with E-state index in [0.29, 0.717) is 29.6 Å². The number of nitrogen functional groups attached to an aromatic ring is 1. The van der Waals surface area contributed by atoms with Gasteiger partial charge in [-0.3, -0.25) is 0 Å². The van der Waals surface area contributed by atoms with Crippen molar-refractivity contribution >= 4 is 17.2 Å². The molecule has 3 aromatic rings. The van der Waals surface area contributed by atoms with Gasteiger partial charge in [-0.25, -0.2) is 4.98 Å². The number of benzene rings is 2. The molecule has 0 aliphatic carbocycles. The molecule has 0 aliphatic rings. The molecule has 1 heterocycles. The molecule has 0 saturated heterocycles. The minimum atomic E-state index is 0.265. The average Bonchev–Trinajstić information content (AvgIpc) is 2.67. The van der Waals surface area contributed by atoms with E-state index in [1.165, 1.54) is 6.33 Å². The Hall–Kier alpha value is -3.48. The van der Waals surface area contributed by atoms with Crippen LogP contribution in [0.15, 0.2) is 54.9 Å². The van der Waals surface area contributed by atoms with Crippen molar-refractivity contribution in [2.45, 2.75) is 6.92 Å². The summed E-state index contributed by atoms with van der Waals surface area (Å²) >= 11 is 0. The van der Waals surface area contributed by atoms with Crippen LogP contribution in [0.2, 0.25) is 0 Å². The van der Waals surface area contributed by atoms with Gasteiger partial charge in [0, 0.05) is 0 Å². The van der Waals surface area contributed by atoms with Crippen LogP contribution in [0.3, 0.4) is 0 Å². The molecular weight excluding hydrogens is 332 g/mol. The molecule has 0 amide bonds. The topological polar surface area (TPSA) is 91.5 Å².